The fraction of sp³-hybridized carbons (Fsp3) is 0. The lowest BCUT2D eigenvalue weighted by atomic mass is 9.96. The van der Waals surface area contributed by atoms with Gasteiger partial charge in [0, 0.05) is 27.1 Å². The average Bonchev–Trinajstić information content (AvgIpc) is 3.97. The highest BCUT2D eigenvalue weighted by Crippen LogP contribution is 2.46. The van der Waals surface area contributed by atoms with Crippen molar-refractivity contribution >= 4 is 43.6 Å². The van der Waals surface area contributed by atoms with Gasteiger partial charge in [0.2, 0.25) is 0 Å². The predicted molar refractivity (Wildman–Crippen MR) is 291 cm³/mol. The Bertz CT molecular complexity index is 4150. The topological polar surface area (TPSA) is 153 Å². The summed E-state index contributed by atoms with van der Waals surface area (Å²) in [6.45, 7) is 0. The van der Waals surface area contributed by atoms with E-state index in [2.05, 4.69) is 94.1 Å². The molecule has 0 N–H and O–H groups in total. The highest BCUT2D eigenvalue weighted by atomic mass is 15.0. The van der Waals surface area contributed by atoms with Gasteiger partial charge in [0.15, 0.2) is 0 Å². The Balaban J connectivity index is 1.22. The van der Waals surface area contributed by atoms with Gasteiger partial charge in [-0.05, 0) is 147 Å². The summed E-state index contributed by atoms with van der Waals surface area (Å²) >= 11 is 0. The van der Waals surface area contributed by atoms with Gasteiger partial charge in [0.1, 0.15) is 0 Å². The fourth-order valence-electron chi connectivity index (χ4n) is 10.6. The number of fused-ring (bicyclic) bond motifs is 6. The third-order valence-corrected chi connectivity index (χ3v) is 14.0. The van der Waals surface area contributed by atoms with Crippen molar-refractivity contribution in [2.24, 2.45) is 0 Å². The number of nitrogens with zero attached hydrogens (tertiary/aromatic N) is 8. The summed E-state index contributed by atoms with van der Waals surface area (Å²) in [5.74, 6) is 0. The maximum absolute atomic E-state index is 11.1. The zero-order valence-corrected chi connectivity index (χ0v) is 39.2. The monoisotopic (exact) mass is 938 g/mol. The molecule has 0 atom stereocenters. The van der Waals surface area contributed by atoms with Gasteiger partial charge in [0.25, 0.3) is 0 Å². The van der Waals surface area contributed by atoms with E-state index in [-0.39, 0.29) is 0 Å². The van der Waals surface area contributed by atoms with Crippen molar-refractivity contribution in [1.29, 1.82) is 31.6 Å². The van der Waals surface area contributed by atoms with Gasteiger partial charge in [-0.2, -0.15) is 31.6 Å². The lowest BCUT2D eigenvalue weighted by Crippen LogP contribution is -2.05. The maximum Gasteiger partial charge on any atom is 0.0998 e. The average molecular weight is 939 g/mol. The lowest BCUT2D eigenvalue weighted by Gasteiger charge is -2.21. The van der Waals surface area contributed by atoms with E-state index in [4.69, 9.17) is 0 Å². The van der Waals surface area contributed by atoms with E-state index in [0.717, 1.165) is 99.2 Å². The molecule has 10 aromatic carbocycles. The van der Waals surface area contributed by atoms with E-state index >= 15 is 0 Å². The molecule has 0 aliphatic rings. The number of benzene rings is 10. The van der Waals surface area contributed by atoms with Crippen LogP contribution in [-0.2, 0) is 0 Å². The van der Waals surface area contributed by atoms with Crippen LogP contribution >= 0.6 is 0 Å². The lowest BCUT2D eigenvalue weighted by molar-refractivity contribution is 1.13. The van der Waals surface area contributed by atoms with Crippen molar-refractivity contribution in [2.75, 3.05) is 0 Å². The molecule has 2 heterocycles. The molecule has 2 aromatic heterocycles. The second-order valence-electron chi connectivity index (χ2n) is 17.9. The van der Waals surface area contributed by atoms with E-state index in [1.165, 1.54) is 0 Å². The van der Waals surface area contributed by atoms with Crippen LogP contribution in [-0.4, -0.2) is 9.13 Å². The summed E-state index contributed by atoms with van der Waals surface area (Å²) in [4.78, 5) is 0. The minimum atomic E-state index is 0.387. The highest BCUT2D eigenvalue weighted by Gasteiger charge is 2.25. The first-order valence-electron chi connectivity index (χ1n) is 23.7. The Labute approximate surface area is 425 Å². The van der Waals surface area contributed by atoms with Crippen molar-refractivity contribution in [1.82, 2.24) is 9.13 Å². The summed E-state index contributed by atoms with van der Waals surface area (Å²) in [7, 11) is 0. The van der Waals surface area contributed by atoms with Crippen LogP contribution in [0.4, 0.5) is 0 Å². The first kappa shape index (κ1) is 44.0. The maximum atomic E-state index is 11.1. The summed E-state index contributed by atoms with van der Waals surface area (Å²) in [6.07, 6.45) is 0. The summed E-state index contributed by atoms with van der Waals surface area (Å²) < 4.78 is 4.34. The van der Waals surface area contributed by atoms with Gasteiger partial charge in [-0.15, -0.1) is 0 Å². The minimum absolute atomic E-state index is 0.387. The first-order chi connectivity index (χ1) is 36.4. The molecule has 338 valence electrons. The standard InChI is InChI=1S/C66H34N8/c67-35-41-10-9-15-47(28-41)66-64(73-60-24-20-43(52-16-5-1-11-48(52)37-69)31-56(60)57-32-44(21-25-61(57)73)53-17-6-2-12-49(53)38-70)29-42(36-68)30-65(66)74-62-26-22-45(54-18-7-3-13-50(54)39-71)33-58(62)59-34-46(23-27-63(59)74)55-19-8-4-14-51(55)40-72/h1-34H. The molecular formula is C66H34N8. The van der Waals surface area contributed by atoms with Crippen LogP contribution in [0.25, 0.3) is 111 Å². The molecule has 0 amide bonds. The molecule has 12 aromatic rings. The van der Waals surface area contributed by atoms with E-state index in [0.29, 0.717) is 44.8 Å². The number of nitriles is 6. The second kappa shape index (κ2) is 17.9. The Morgan fingerprint density at radius 1 is 0.257 bits per heavy atom. The van der Waals surface area contributed by atoms with Crippen molar-refractivity contribution in [2.45, 2.75) is 0 Å². The molecule has 0 spiro atoms. The molecule has 0 fully saturated rings. The Morgan fingerprint density at radius 2 is 0.581 bits per heavy atom. The number of rotatable bonds is 7. The van der Waals surface area contributed by atoms with Crippen molar-refractivity contribution in [3.05, 3.63) is 240 Å². The van der Waals surface area contributed by atoms with Gasteiger partial charge in [-0.3, -0.25) is 0 Å². The van der Waals surface area contributed by atoms with Gasteiger partial charge >= 0.3 is 0 Å². The third kappa shape index (κ3) is 7.10. The molecule has 8 heteroatoms. The van der Waals surface area contributed by atoms with E-state index < -0.39 is 0 Å². The van der Waals surface area contributed by atoms with Crippen LogP contribution < -0.4 is 0 Å². The molecule has 0 aliphatic carbocycles. The van der Waals surface area contributed by atoms with Crippen LogP contribution in [0, 0.1) is 68.0 Å². The van der Waals surface area contributed by atoms with Crippen LogP contribution in [0.5, 0.6) is 0 Å². The summed E-state index contributed by atoms with van der Waals surface area (Å²) in [5, 5.41) is 65.9. The second-order valence-corrected chi connectivity index (χ2v) is 17.9. The summed E-state index contributed by atoms with van der Waals surface area (Å²) in [6, 6.07) is 80.4. The summed E-state index contributed by atoms with van der Waals surface area (Å²) in [5.41, 5.74) is 15.7. The van der Waals surface area contributed by atoms with E-state index in [9.17, 15) is 31.6 Å². The largest absolute Gasteiger partial charge is 0.308 e. The Hall–Kier alpha value is -11.3. The highest BCUT2D eigenvalue weighted by molar-refractivity contribution is 6.14. The molecule has 0 unspecified atom stereocenters. The zero-order chi connectivity index (χ0) is 50.5. The van der Waals surface area contributed by atoms with Gasteiger partial charge in [0.05, 0.1) is 103 Å². The van der Waals surface area contributed by atoms with E-state index in [1.807, 2.05) is 152 Å². The number of hydrogen-bond acceptors (Lipinski definition) is 6. The first-order valence-corrected chi connectivity index (χ1v) is 23.7. The Morgan fingerprint density at radius 3 is 0.892 bits per heavy atom. The Kier molecular flexibility index (Phi) is 10.7. The van der Waals surface area contributed by atoms with Gasteiger partial charge in [-0.25, -0.2) is 0 Å². The van der Waals surface area contributed by atoms with Gasteiger partial charge < -0.3 is 9.13 Å². The molecule has 12 rings (SSSR count). The van der Waals surface area contributed by atoms with Crippen LogP contribution in [0.2, 0.25) is 0 Å². The molecule has 0 saturated heterocycles. The molecule has 0 bridgehead atoms. The smallest absolute Gasteiger partial charge is 0.0998 e. The van der Waals surface area contributed by atoms with Crippen molar-refractivity contribution in [3.8, 4) is 103 Å². The van der Waals surface area contributed by atoms with E-state index in [1.54, 1.807) is 6.07 Å². The molecule has 0 saturated carbocycles. The van der Waals surface area contributed by atoms with Gasteiger partial charge in [-0.1, -0.05) is 109 Å². The SMILES string of the molecule is N#Cc1cccc(-c2c(-n3c4ccc(-c5ccccc5C#N)cc4c4cc(-c5ccccc5C#N)ccc43)cc(C#N)cc2-n2c3ccc(-c4ccccc4C#N)cc3c3cc(-c4ccccc4C#N)ccc32)c1. The molecule has 74 heavy (non-hydrogen) atoms. The normalized spacial score (nSPS) is 10.9. The fourth-order valence-corrected chi connectivity index (χ4v) is 10.6. The quantitative estimate of drug-likeness (QED) is 0.155. The van der Waals surface area contributed by atoms with Crippen LogP contribution in [0.15, 0.2) is 206 Å². The van der Waals surface area contributed by atoms with Crippen LogP contribution in [0.3, 0.4) is 0 Å². The number of hydrogen-bond donors (Lipinski definition) is 0. The van der Waals surface area contributed by atoms with Crippen molar-refractivity contribution < 1.29 is 0 Å². The molecule has 8 nitrogen and oxygen atoms in total. The van der Waals surface area contributed by atoms with Crippen molar-refractivity contribution in [3.63, 3.8) is 0 Å². The number of aromatic nitrogens is 2. The third-order valence-electron chi connectivity index (χ3n) is 14.0. The minimum Gasteiger partial charge on any atom is -0.308 e. The zero-order valence-electron chi connectivity index (χ0n) is 39.2. The molecular weight excluding hydrogens is 905 g/mol. The molecule has 0 aliphatic heterocycles. The predicted octanol–water partition coefficient (Wildman–Crippen LogP) is 15.4. The molecule has 0 radical (unpaired) electrons. The van der Waals surface area contributed by atoms with Crippen LogP contribution in [0.1, 0.15) is 33.4 Å².